The Morgan fingerprint density at radius 3 is 1.98 bits per heavy atom. The van der Waals surface area contributed by atoms with Gasteiger partial charge in [-0.3, -0.25) is 4.79 Å². The quantitative estimate of drug-likeness (QED) is 0.164. The van der Waals surface area contributed by atoms with Crippen molar-refractivity contribution in [2.45, 2.75) is 32.6 Å². The van der Waals surface area contributed by atoms with Gasteiger partial charge in [0.2, 0.25) is 5.91 Å². The number of rotatable bonds is 11. The lowest BCUT2D eigenvalue weighted by atomic mass is 10.0. The lowest BCUT2D eigenvalue weighted by Gasteiger charge is -2.20. The van der Waals surface area contributed by atoms with Crippen molar-refractivity contribution in [3.05, 3.63) is 125 Å². The molecule has 9 nitrogen and oxygen atoms in total. The van der Waals surface area contributed by atoms with Crippen molar-refractivity contribution in [3.8, 4) is 11.5 Å². The van der Waals surface area contributed by atoms with E-state index in [4.69, 9.17) is 18.9 Å². The molecule has 4 rings (SSSR count). The lowest BCUT2D eigenvalue weighted by Crippen LogP contribution is -2.45. The maximum atomic E-state index is 13.4. The van der Waals surface area contributed by atoms with Crippen LogP contribution in [0, 0.1) is 6.92 Å². The first kappa shape index (κ1) is 29.7. The molecule has 0 aliphatic carbocycles. The average molecular weight is 569 g/mol. The second-order valence-electron chi connectivity index (χ2n) is 9.43. The fourth-order valence-corrected chi connectivity index (χ4v) is 4.03. The molecule has 0 saturated carbocycles. The molecule has 0 aliphatic rings. The number of methoxy groups -OCH3 is 1. The third-order valence-corrected chi connectivity index (χ3v) is 6.20. The molecule has 0 bridgehead atoms. The van der Waals surface area contributed by atoms with Gasteiger partial charge in [0.15, 0.2) is 0 Å². The normalized spacial score (nSPS) is 11.1. The van der Waals surface area contributed by atoms with Gasteiger partial charge in [-0.25, -0.2) is 9.59 Å². The summed E-state index contributed by atoms with van der Waals surface area (Å²) in [6, 6.07) is 29.5. The molecule has 0 heterocycles. The number of benzene rings is 4. The smallest absolute Gasteiger partial charge is 0.495 e. The molecule has 2 N–H and O–H groups in total. The average Bonchev–Trinajstić information content (AvgIpc) is 3.01. The summed E-state index contributed by atoms with van der Waals surface area (Å²) in [4.78, 5) is 38.2. The van der Waals surface area contributed by atoms with E-state index in [1.807, 2.05) is 73.7 Å². The van der Waals surface area contributed by atoms with Crippen molar-refractivity contribution in [1.29, 1.82) is 0 Å². The molecule has 0 saturated heterocycles. The van der Waals surface area contributed by atoms with E-state index in [9.17, 15) is 14.4 Å². The highest BCUT2D eigenvalue weighted by atomic mass is 16.7. The second kappa shape index (κ2) is 14.9. The van der Waals surface area contributed by atoms with Crippen LogP contribution in [0.4, 0.5) is 15.3 Å². The molecule has 1 atom stereocenters. The Balaban J connectivity index is 1.41. The third-order valence-electron chi connectivity index (χ3n) is 6.20. The zero-order chi connectivity index (χ0) is 29.7. The van der Waals surface area contributed by atoms with Crippen LogP contribution in [0.25, 0.3) is 0 Å². The summed E-state index contributed by atoms with van der Waals surface area (Å²) < 4.78 is 21.1. The maximum Gasteiger partial charge on any atom is 0.514 e. The minimum absolute atomic E-state index is 0.0547. The lowest BCUT2D eigenvalue weighted by molar-refractivity contribution is -0.118. The topological polar surface area (TPSA) is 112 Å². The number of ether oxygens (including phenoxy) is 4. The van der Waals surface area contributed by atoms with Crippen molar-refractivity contribution in [2.75, 3.05) is 12.4 Å². The Kier molecular flexibility index (Phi) is 10.5. The van der Waals surface area contributed by atoms with E-state index in [0.717, 1.165) is 16.7 Å². The van der Waals surface area contributed by atoms with E-state index in [-0.39, 0.29) is 25.4 Å². The number of carbonyl (C=O) groups is 3. The second-order valence-corrected chi connectivity index (χ2v) is 9.43. The Hall–Kier alpha value is -5.31. The summed E-state index contributed by atoms with van der Waals surface area (Å²) >= 11 is 0. The zero-order valence-corrected chi connectivity index (χ0v) is 23.4. The van der Waals surface area contributed by atoms with Gasteiger partial charge in [0, 0.05) is 6.42 Å². The summed E-state index contributed by atoms with van der Waals surface area (Å²) in [5.74, 6) is 0.304. The minimum Gasteiger partial charge on any atom is -0.495 e. The number of amides is 2. The van der Waals surface area contributed by atoms with E-state index in [1.165, 1.54) is 7.11 Å². The first-order valence-electron chi connectivity index (χ1n) is 13.3. The van der Waals surface area contributed by atoms with E-state index < -0.39 is 24.2 Å². The van der Waals surface area contributed by atoms with Crippen molar-refractivity contribution < 1.29 is 33.3 Å². The Morgan fingerprint density at radius 2 is 1.36 bits per heavy atom. The summed E-state index contributed by atoms with van der Waals surface area (Å²) in [6.07, 6.45) is -1.44. The van der Waals surface area contributed by atoms with Gasteiger partial charge in [0.1, 0.15) is 30.8 Å². The van der Waals surface area contributed by atoms with Gasteiger partial charge in [-0.1, -0.05) is 78.9 Å². The first-order valence-corrected chi connectivity index (χ1v) is 13.3. The molecule has 0 aromatic heterocycles. The van der Waals surface area contributed by atoms with Gasteiger partial charge in [0.25, 0.3) is 0 Å². The van der Waals surface area contributed by atoms with Crippen molar-refractivity contribution in [2.24, 2.45) is 0 Å². The van der Waals surface area contributed by atoms with Crippen LogP contribution in [0.3, 0.4) is 0 Å². The SMILES string of the molecule is COc1ccc(C)cc1NC(=O)[C@@H](Cc1ccc(OC(=O)OCc2ccccc2)cc1)NC(=O)OCc1ccccc1. The summed E-state index contributed by atoms with van der Waals surface area (Å²) in [5, 5.41) is 5.51. The third kappa shape index (κ3) is 9.12. The van der Waals surface area contributed by atoms with Crippen LogP contribution in [-0.2, 0) is 33.9 Å². The van der Waals surface area contributed by atoms with E-state index in [1.54, 1.807) is 36.4 Å². The van der Waals surface area contributed by atoms with E-state index in [2.05, 4.69) is 10.6 Å². The fraction of sp³-hybridized carbons (Fsp3) is 0.182. The predicted molar refractivity (Wildman–Crippen MR) is 157 cm³/mol. The summed E-state index contributed by atoms with van der Waals surface area (Å²) in [7, 11) is 1.51. The van der Waals surface area contributed by atoms with Crippen LogP contribution >= 0.6 is 0 Å². The molecule has 0 fully saturated rings. The van der Waals surface area contributed by atoms with Crippen LogP contribution in [0.5, 0.6) is 11.5 Å². The molecule has 0 aliphatic heterocycles. The predicted octanol–water partition coefficient (Wildman–Crippen LogP) is 6.20. The highest BCUT2D eigenvalue weighted by molar-refractivity contribution is 5.98. The summed E-state index contributed by atoms with van der Waals surface area (Å²) in [5.41, 5.74) is 3.77. The number of aryl methyl sites for hydroxylation is 1. The fourth-order valence-electron chi connectivity index (χ4n) is 4.03. The van der Waals surface area contributed by atoms with Gasteiger partial charge < -0.3 is 29.6 Å². The molecule has 0 unspecified atom stereocenters. The van der Waals surface area contributed by atoms with Crippen LogP contribution < -0.4 is 20.1 Å². The number of hydrogen-bond donors (Lipinski definition) is 2. The minimum atomic E-state index is -0.985. The van der Waals surface area contributed by atoms with Gasteiger partial charge in [0.05, 0.1) is 12.8 Å². The summed E-state index contributed by atoms with van der Waals surface area (Å²) in [6.45, 7) is 2.04. The number of anilines is 1. The molecule has 4 aromatic carbocycles. The molecule has 0 spiro atoms. The van der Waals surface area contributed by atoms with Gasteiger partial charge in [-0.05, 0) is 53.4 Å². The molecule has 9 heteroatoms. The van der Waals surface area contributed by atoms with E-state index >= 15 is 0 Å². The van der Waals surface area contributed by atoms with Crippen molar-refractivity contribution in [1.82, 2.24) is 5.32 Å². The van der Waals surface area contributed by atoms with Crippen molar-refractivity contribution in [3.63, 3.8) is 0 Å². The standard InChI is InChI=1S/C33H32N2O7/c1-23-13-18-30(39-2)28(19-23)34-31(36)29(35-32(37)40-21-25-9-5-3-6-10-25)20-24-14-16-27(17-15-24)42-33(38)41-22-26-11-7-4-8-12-26/h3-19,29H,20-22H2,1-2H3,(H,34,36)(H,35,37)/t29-/m1/s1. The largest absolute Gasteiger partial charge is 0.514 e. The molecule has 216 valence electrons. The number of nitrogens with one attached hydrogen (secondary N) is 2. The molecule has 2 amide bonds. The number of carbonyl (C=O) groups excluding carboxylic acids is 3. The van der Waals surface area contributed by atoms with Crippen molar-refractivity contribution >= 4 is 23.8 Å². The van der Waals surface area contributed by atoms with Crippen LogP contribution in [0.1, 0.15) is 22.3 Å². The number of alkyl carbamates (subject to hydrolysis) is 1. The monoisotopic (exact) mass is 568 g/mol. The van der Waals surface area contributed by atoms with Gasteiger partial charge >= 0.3 is 12.2 Å². The zero-order valence-electron chi connectivity index (χ0n) is 23.4. The molecule has 4 aromatic rings. The van der Waals surface area contributed by atoms with Crippen LogP contribution in [-0.4, -0.2) is 31.3 Å². The number of hydrogen-bond acceptors (Lipinski definition) is 7. The maximum absolute atomic E-state index is 13.4. The Labute approximate surface area is 244 Å². The van der Waals surface area contributed by atoms with E-state index in [0.29, 0.717) is 17.0 Å². The Bertz CT molecular complexity index is 1480. The Morgan fingerprint density at radius 1 is 0.738 bits per heavy atom. The molecular formula is C33H32N2O7. The van der Waals surface area contributed by atoms with Crippen LogP contribution in [0.15, 0.2) is 103 Å². The highest BCUT2D eigenvalue weighted by Crippen LogP contribution is 2.25. The first-order chi connectivity index (χ1) is 20.4. The molecule has 0 radical (unpaired) electrons. The van der Waals surface area contributed by atoms with Gasteiger partial charge in [-0.15, -0.1) is 0 Å². The van der Waals surface area contributed by atoms with Crippen LogP contribution in [0.2, 0.25) is 0 Å². The van der Waals surface area contributed by atoms with Gasteiger partial charge in [-0.2, -0.15) is 0 Å². The molecular weight excluding hydrogens is 536 g/mol. The highest BCUT2D eigenvalue weighted by Gasteiger charge is 2.23. The molecule has 42 heavy (non-hydrogen) atoms.